The van der Waals surface area contributed by atoms with Crippen LogP contribution in [0.15, 0.2) is 61.1 Å². The van der Waals surface area contributed by atoms with E-state index < -0.39 is 125 Å². The number of Topliss-reactive ketones (excluding diaryl/α,β-unsaturated/α-hetero) is 7. The van der Waals surface area contributed by atoms with Crippen molar-refractivity contribution in [3.05, 3.63) is 77.9 Å². The molecule has 0 fully saturated rings. The fraction of sp³-hybridized carbons (Fsp3) is 0.660. The third kappa shape index (κ3) is 57.7. The molecule has 3 aromatic rings. The van der Waals surface area contributed by atoms with Crippen molar-refractivity contribution in [2.45, 2.75) is 295 Å². The molecule has 0 aliphatic carbocycles. The number of aliphatic carboxylic acids is 4. The van der Waals surface area contributed by atoms with Crippen molar-refractivity contribution in [1.82, 2.24) is 41.9 Å². The number of carbonyl (C=O) groups is 18. The number of aromatic nitrogens is 2. The molecule has 0 radical (unpaired) electrons. The molecule has 0 spiro atoms. The molecule has 136 heavy (non-hydrogen) atoms. The lowest BCUT2D eigenvalue weighted by atomic mass is 9.81. The number of ether oxygens (including phenoxy) is 6. The molecule has 1 aromatic heterocycles. The summed E-state index contributed by atoms with van der Waals surface area (Å²) in [6.07, 6.45) is 17.4. The summed E-state index contributed by atoms with van der Waals surface area (Å²) in [5.74, 6) is -13.9. The maximum Gasteiger partial charge on any atom is 0.335 e. The fourth-order valence-electron chi connectivity index (χ4n) is 14.6. The zero-order chi connectivity index (χ0) is 100. The van der Waals surface area contributed by atoms with Gasteiger partial charge in [-0.05, 0) is 145 Å². The molecule has 0 aliphatic heterocycles. The van der Waals surface area contributed by atoms with Crippen LogP contribution in [0.4, 0.5) is 0 Å². The zero-order valence-corrected chi connectivity index (χ0v) is 79.3. The lowest BCUT2D eigenvalue weighted by Crippen LogP contribution is -2.45. The van der Waals surface area contributed by atoms with Crippen LogP contribution < -0.4 is 47.1 Å². The Balaban J connectivity index is 1.28. The van der Waals surface area contributed by atoms with Crippen molar-refractivity contribution in [1.29, 1.82) is 0 Å². The number of aromatic amines is 1. The fourth-order valence-corrected chi connectivity index (χ4v) is 14.6. The Morgan fingerprint density at radius 1 is 0.390 bits per heavy atom. The predicted molar refractivity (Wildman–Crippen MR) is 497 cm³/mol. The largest absolute Gasteiger partial charge is 0.494 e. The molecule has 15 N–H and O–H groups in total. The summed E-state index contributed by atoms with van der Waals surface area (Å²) in [4.78, 5) is 232. The van der Waals surface area contributed by atoms with Crippen molar-refractivity contribution < 1.29 is 145 Å². The molecule has 7 atom stereocenters. The first-order valence-electron chi connectivity index (χ1n) is 47.7. The highest BCUT2D eigenvalue weighted by Gasteiger charge is 2.35. The number of H-pyrrole nitrogens is 1. The first-order valence-corrected chi connectivity index (χ1v) is 47.7. The van der Waals surface area contributed by atoms with E-state index in [1.165, 1.54) is 37.5 Å². The van der Waals surface area contributed by atoms with Gasteiger partial charge in [0.25, 0.3) is 0 Å². The van der Waals surface area contributed by atoms with Gasteiger partial charge in [-0.25, -0.2) is 24.2 Å². The van der Waals surface area contributed by atoms with Gasteiger partial charge in [-0.3, -0.25) is 67.1 Å². The summed E-state index contributed by atoms with van der Waals surface area (Å²) in [6, 6.07) is 7.92. The molecule has 5 amide bonds. The first kappa shape index (κ1) is 119. The number of unbranched alkanes of at least 4 members (excludes halogenated alkanes) is 16. The van der Waals surface area contributed by atoms with Crippen LogP contribution in [0.1, 0.15) is 291 Å². The summed E-state index contributed by atoms with van der Waals surface area (Å²) >= 11 is 0. The average Bonchev–Trinajstić information content (AvgIpc) is 1.11. The third-order valence-electron chi connectivity index (χ3n) is 22.9. The molecule has 0 saturated carbocycles. The van der Waals surface area contributed by atoms with E-state index >= 15 is 0 Å². The van der Waals surface area contributed by atoms with Crippen molar-refractivity contribution in [2.24, 2.45) is 28.9 Å². The topological polar surface area (TPSA) is 611 Å². The van der Waals surface area contributed by atoms with Gasteiger partial charge >= 0.3 is 35.8 Å². The number of rotatable bonds is 88. The van der Waals surface area contributed by atoms with Gasteiger partial charge in [0, 0.05) is 127 Å². The molecule has 0 bridgehead atoms. The van der Waals surface area contributed by atoms with Crippen LogP contribution in [0, 0.1) is 23.2 Å². The standard InChI is InChI=1S/C97H147N9O30/c1-67(107)70(25-18-20-46-100-89(117)65-134-56-54-132-52-48-102-86(114)44-34-71(93(123)124)58-76(110)37-43-82(96(129)130)105-87(115)29-17-13-9-5-7-11-15-23-51-136-78-40-32-69(33-41-78)92(121)122)59-83(111)80(103-63-85(113)97(2,3)61-84(112)79(98)60-73-62-99-66-104-73)28-19-21-47-101-90(118)64-133-55-53-131-49-24-27-74(108)36-42-81(95(127)128)106-88(116)45-35-72(94(125)126)57-75(109)26-16-12-8-4-6-10-14-22-50-135-77-38-30-68(31-39-77)91(119)120/h30-33,38-41,62,66,70-72,79-82,103H,4-29,34-37,42-61,63-65,98H2,1-3H3,(H,99,104)(H,100,117)(H,101,118)(H,102,114)(H,105,115)(H,106,116)(H,119,120)(H,121,122)(H,123,124)(H,125,126)(H,127,128)(H,129,130)/t70-,71-,72-,79+,80+,81+,82+/m1/s1. The molecule has 2 aromatic carbocycles. The third-order valence-corrected chi connectivity index (χ3v) is 22.9. The number of amides is 5. The molecule has 0 unspecified atom stereocenters. The molecular weight excluding hydrogens is 1770 g/mol. The van der Waals surface area contributed by atoms with Crippen molar-refractivity contribution >= 4 is 106 Å². The molecule has 760 valence electrons. The molecular formula is C97H147N9O30. The zero-order valence-electron chi connectivity index (χ0n) is 79.3. The minimum Gasteiger partial charge on any atom is -0.494 e. The maximum absolute atomic E-state index is 14.1. The molecule has 1 heterocycles. The number of nitrogens with zero attached hydrogens (tertiary/aromatic N) is 1. The van der Waals surface area contributed by atoms with Crippen LogP contribution in [0.5, 0.6) is 11.5 Å². The second-order valence-corrected chi connectivity index (χ2v) is 34.9. The minimum absolute atomic E-state index is 0.0275. The van der Waals surface area contributed by atoms with Crippen molar-refractivity contribution in [3.8, 4) is 11.5 Å². The summed E-state index contributed by atoms with van der Waals surface area (Å²) < 4.78 is 33.2. The molecule has 39 nitrogen and oxygen atoms in total. The van der Waals surface area contributed by atoms with Gasteiger partial charge in [0.2, 0.25) is 29.5 Å². The number of nitrogens with two attached hydrogens (primary N) is 1. The SMILES string of the molecule is CC(=O)[C@H](CCCCNC(=O)COCCOCCNC(=O)CC[C@H](CC(=O)CC[C@H](NC(=O)CCCCCCCCCCOc1ccc(C(=O)O)cc1)C(=O)O)C(=O)O)CC(=O)[C@H](CCCCNC(=O)COCCOCCCC(=O)CC[C@H](NC(=O)CC[C@H](CC(=O)CCCCCCCCCCOc1ccc(C(=O)O)cc1)C(=O)O)C(=O)O)NCC(=O)C(C)(C)CC(=O)[C@@H](N)Cc1cnc[nH]1. The van der Waals surface area contributed by atoms with Crippen LogP contribution >= 0.6 is 0 Å². The maximum atomic E-state index is 14.1. The van der Waals surface area contributed by atoms with E-state index in [2.05, 4.69) is 41.9 Å². The van der Waals surface area contributed by atoms with Crippen LogP contribution in [-0.2, 0) is 102 Å². The quantitative estimate of drug-likeness (QED) is 0.0234. The Bertz CT molecular complexity index is 4140. The molecule has 0 aliphatic rings. The number of carbonyl (C=O) groups excluding carboxylic acids is 12. The summed E-state index contributed by atoms with van der Waals surface area (Å²) in [5, 5.41) is 73.1. The van der Waals surface area contributed by atoms with E-state index in [4.69, 9.17) is 44.4 Å². The minimum atomic E-state index is -1.41. The summed E-state index contributed by atoms with van der Waals surface area (Å²) in [6.45, 7) is 5.70. The van der Waals surface area contributed by atoms with Crippen molar-refractivity contribution in [2.75, 3.05) is 92.2 Å². The van der Waals surface area contributed by atoms with E-state index in [1.54, 1.807) is 44.3 Å². The molecule has 3 rings (SSSR count). The van der Waals surface area contributed by atoms with E-state index in [0.717, 1.165) is 89.9 Å². The Kier molecular flexibility index (Phi) is 62.5. The Hall–Kier alpha value is -11.1. The van der Waals surface area contributed by atoms with Crippen LogP contribution in [0.3, 0.4) is 0 Å². The summed E-state index contributed by atoms with van der Waals surface area (Å²) in [5.41, 5.74) is 6.06. The van der Waals surface area contributed by atoms with Gasteiger partial charge in [0.05, 0.1) is 94.2 Å². The number of ketones is 7. The van der Waals surface area contributed by atoms with E-state index in [0.29, 0.717) is 81.8 Å². The van der Waals surface area contributed by atoms with E-state index in [9.17, 15) is 107 Å². The van der Waals surface area contributed by atoms with Gasteiger partial charge in [0.15, 0.2) is 11.6 Å². The highest BCUT2D eigenvalue weighted by molar-refractivity contribution is 5.95. The highest BCUT2D eigenvalue weighted by atomic mass is 16.5. The number of hydrogen-bond acceptors (Lipinski definition) is 27. The van der Waals surface area contributed by atoms with Gasteiger partial charge < -0.3 is 102 Å². The predicted octanol–water partition coefficient (Wildman–Crippen LogP) is 9.22. The number of nitrogens with one attached hydrogen (secondary N) is 7. The lowest BCUT2D eigenvalue weighted by molar-refractivity contribution is -0.145. The van der Waals surface area contributed by atoms with Crippen LogP contribution in [0.25, 0.3) is 0 Å². The van der Waals surface area contributed by atoms with Crippen LogP contribution in [-0.4, -0.2) is 263 Å². The second-order valence-electron chi connectivity index (χ2n) is 34.9. The number of carboxylic acids is 6. The highest BCUT2D eigenvalue weighted by Crippen LogP contribution is 2.26. The second kappa shape index (κ2) is 71.4. The summed E-state index contributed by atoms with van der Waals surface area (Å²) in [7, 11) is 0. The number of imidazole rings is 1. The van der Waals surface area contributed by atoms with E-state index in [1.807, 2.05) is 0 Å². The smallest absolute Gasteiger partial charge is 0.335 e. The normalized spacial score (nSPS) is 12.9. The van der Waals surface area contributed by atoms with E-state index in [-0.39, 0.29) is 228 Å². The average molecular weight is 1920 g/mol. The number of hydrogen-bond donors (Lipinski definition) is 14. The number of benzene rings is 2. The van der Waals surface area contributed by atoms with Gasteiger partial charge in [-0.1, -0.05) is 97.3 Å². The monoisotopic (exact) mass is 1920 g/mol. The van der Waals surface area contributed by atoms with Gasteiger partial charge in [-0.2, -0.15) is 0 Å². The first-order chi connectivity index (χ1) is 65.0. The van der Waals surface area contributed by atoms with Crippen molar-refractivity contribution in [3.63, 3.8) is 0 Å². The van der Waals surface area contributed by atoms with Gasteiger partial charge in [-0.15, -0.1) is 0 Å². The lowest BCUT2D eigenvalue weighted by Gasteiger charge is -2.26. The Morgan fingerprint density at radius 2 is 0.824 bits per heavy atom. The number of carboxylic acid groups (broad SMARTS) is 6. The van der Waals surface area contributed by atoms with Gasteiger partial charge in [0.1, 0.15) is 65.7 Å². The number of aromatic carboxylic acids is 2. The van der Waals surface area contributed by atoms with Crippen LogP contribution in [0.2, 0.25) is 0 Å². The Morgan fingerprint density at radius 3 is 1.30 bits per heavy atom. The Labute approximate surface area is 795 Å². The molecule has 0 saturated heterocycles. The molecule has 39 heteroatoms.